The Morgan fingerprint density at radius 1 is 1.09 bits per heavy atom. The Labute approximate surface area is 132 Å². The average molecular weight is 331 g/mol. The number of carbonyl (C=O) groups is 1. The van der Waals surface area contributed by atoms with Crippen molar-refractivity contribution in [2.45, 2.75) is 11.5 Å². The van der Waals surface area contributed by atoms with Gasteiger partial charge in [-0.2, -0.15) is 0 Å². The van der Waals surface area contributed by atoms with Crippen molar-refractivity contribution < 1.29 is 23.4 Å². The maximum Gasteiger partial charge on any atom is 0.337 e. The molecule has 118 valence electrons. The number of aliphatic hydroxyl groups is 1. The number of benzene rings is 2. The highest BCUT2D eigenvalue weighted by Gasteiger charge is 2.23. The maximum atomic E-state index is 12.8. The molecule has 1 aromatic heterocycles. The number of carboxylic acid groups (broad SMARTS) is 1. The minimum Gasteiger partial charge on any atom is -0.478 e. The van der Waals surface area contributed by atoms with E-state index in [-0.39, 0.29) is 22.6 Å². The van der Waals surface area contributed by atoms with Gasteiger partial charge in [-0.05, 0) is 23.8 Å². The topological polar surface area (TPSA) is 96.6 Å². The monoisotopic (exact) mass is 331 g/mol. The van der Waals surface area contributed by atoms with Crippen LogP contribution < -0.4 is 0 Å². The van der Waals surface area contributed by atoms with Crippen LogP contribution in [0, 0.1) is 0 Å². The number of aliphatic hydroxyl groups excluding tert-OH is 1. The fraction of sp³-hybridized carbons (Fsp3) is 0.0625. The second-order valence-electron chi connectivity index (χ2n) is 4.97. The van der Waals surface area contributed by atoms with Crippen LogP contribution in [0.1, 0.15) is 15.9 Å². The molecule has 3 rings (SSSR count). The molecule has 7 heteroatoms. The third kappa shape index (κ3) is 2.49. The summed E-state index contributed by atoms with van der Waals surface area (Å²) in [5.74, 6) is -1.21. The largest absolute Gasteiger partial charge is 0.478 e. The van der Waals surface area contributed by atoms with E-state index in [1.807, 2.05) is 0 Å². The maximum absolute atomic E-state index is 12.8. The lowest BCUT2D eigenvalue weighted by atomic mass is 10.1. The van der Waals surface area contributed by atoms with Gasteiger partial charge in [-0.1, -0.05) is 30.3 Å². The van der Waals surface area contributed by atoms with Gasteiger partial charge in [0.25, 0.3) is 10.0 Å². The van der Waals surface area contributed by atoms with E-state index >= 15 is 0 Å². The van der Waals surface area contributed by atoms with Crippen molar-refractivity contribution in [3.05, 3.63) is 65.9 Å². The summed E-state index contributed by atoms with van der Waals surface area (Å²) in [7, 11) is -3.93. The molecule has 0 atom stereocenters. The normalized spacial score (nSPS) is 11.7. The Morgan fingerprint density at radius 3 is 2.39 bits per heavy atom. The SMILES string of the molecule is O=C(O)c1cn(S(=O)(=O)c2ccccc2)c2cc(CO)ccc12. The second-order valence-corrected chi connectivity index (χ2v) is 6.79. The zero-order valence-corrected chi connectivity index (χ0v) is 12.7. The summed E-state index contributed by atoms with van der Waals surface area (Å²) < 4.78 is 26.5. The molecule has 0 bridgehead atoms. The molecule has 6 nitrogen and oxygen atoms in total. The number of hydrogen-bond acceptors (Lipinski definition) is 4. The Morgan fingerprint density at radius 2 is 1.78 bits per heavy atom. The zero-order valence-electron chi connectivity index (χ0n) is 11.9. The van der Waals surface area contributed by atoms with Gasteiger partial charge in [0.2, 0.25) is 0 Å². The summed E-state index contributed by atoms with van der Waals surface area (Å²) in [5, 5.41) is 18.9. The van der Waals surface area contributed by atoms with Crippen molar-refractivity contribution in [2.24, 2.45) is 0 Å². The Balaban J connectivity index is 2.35. The van der Waals surface area contributed by atoms with Crippen molar-refractivity contribution in [3.8, 4) is 0 Å². The lowest BCUT2D eigenvalue weighted by molar-refractivity contribution is 0.0699. The van der Waals surface area contributed by atoms with Crippen LogP contribution in [-0.4, -0.2) is 28.6 Å². The molecule has 0 aliphatic heterocycles. The van der Waals surface area contributed by atoms with E-state index in [1.54, 1.807) is 24.3 Å². The Hall–Kier alpha value is -2.64. The van der Waals surface area contributed by atoms with Crippen molar-refractivity contribution in [3.63, 3.8) is 0 Å². The van der Waals surface area contributed by atoms with Gasteiger partial charge in [0.1, 0.15) is 0 Å². The zero-order chi connectivity index (χ0) is 16.6. The summed E-state index contributed by atoms with van der Waals surface area (Å²) in [6, 6.07) is 12.3. The van der Waals surface area contributed by atoms with E-state index in [0.29, 0.717) is 10.9 Å². The molecule has 0 unspecified atom stereocenters. The highest BCUT2D eigenvalue weighted by molar-refractivity contribution is 7.90. The molecule has 23 heavy (non-hydrogen) atoms. The first-order valence-electron chi connectivity index (χ1n) is 6.74. The fourth-order valence-electron chi connectivity index (χ4n) is 2.42. The molecular weight excluding hydrogens is 318 g/mol. The quantitative estimate of drug-likeness (QED) is 0.763. The van der Waals surface area contributed by atoms with Gasteiger partial charge in [0, 0.05) is 11.6 Å². The van der Waals surface area contributed by atoms with Crippen molar-refractivity contribution >= 4 is 26.9 Å². The third-order valence-corrected chi connectivity index (χ3v) is 5.24. The standard InChI is InChI=1S/C16H13NO5S/c18-10-11-6-7-13-14(16(19)20)9-17(15(13)8-11)23(21,22)12-4-2-1-3-5-12/h1-9,18H,10H2,(H,19,20). The summed E-state index contributed by atoms with van der Waals surface area (Å²) >= 11 is 0. The molecule has 0 fully saturated rings. The number of aromatic nitrogens is 1. The van der Waals surface area contributed by atoms with Crippen molar-refractivity contribution in [1.29, 1.82) is 0 Å². The number of carboxylic acids is 1. The van der Waals surface area contributed by atoms with Crippen LogP contribution in [-0.2, 0) is 16.6 Å². The fourth-order valence-corrected chi connectivity index (χ4v) is 3.80. The molecular formula is C16H13NO5S. The average Bonchev–Trinajstić information content (AvgIpc) is 2.95. The highest BCUT2D eigenvalue weighted by atomic mass is 32.2. The van der Waals surface area contributed by atoms with Crippen LogP contribution in [0.5, 0.6) is 0 Å². The van der Waals surface area contributed by atoms with Gasteiger partial charge in [0.05, 0.1) is 22.6 Å². The van der Waals surface area contributed by atoms with Gasteiger partial charge in [-0.3, -0.25) is 0 Å². The van der Waals surface area contributed by atoms with Gasteiger partial charge >= 0.3 is 5.97 Å². The lowest BCUT2D eigenvalue weighted by Crippen LogP contribution is -2.12. The summed E-state index contributed by atoms with van der Waals surface area (Å²) in [6.07, 6.45) is 1.09. The molecule has 2 aromatic carbocycles. The van der Waals surface area contributed by atoms with E-state index in [4.69, 9.17) is 0 Å². The van der Waals surface area contributed by atoms with Crippen LogP contribution in [0.2, 0.25) is 0 Å². The Kier molecular flexibility index (Phi) is 3.67. The molecule has 0 saturated carbocycles. The van der Waals surface area contributed by atoms with E-state index < -0.39 is 16.0 Å². The second kappa shape index (κ2) is 5.53. The lowest BCUT2D eigenvalue weighted by Gasteiger charge is -2.08. The van der Waals surface area contributed by atoms with Gasteiger partial charge in [0.15, 0.2) is 0 Å². The minimum atomic E-state index is -3.93. The van der Waals surface area contributed by atoms with E-state index in [0.717, 1.165) is 10.2 Å². The smallest absolute Gasteiger partial charge is 0.337 e. The first kappa shape index (κ1) is 15.3. The number of rotatable bonds is 4. The molecule has 0 spiro atoms. The minimum absolute atomic E-state index is 0.0586. The summed E-state index contributed by atoms with van der Waals surface area (Å²) in [6.45, 7) is -0.269. The van der Waals surface area contributed by atoms with Gasteiger partial charge in [-0.25, -0.2) is 17.2 Å². The number of fused-ring (bicyclic) bond motifs is 1. The predicted octanol–water partition coefficient (Wildman–Crippen LogP) is 2.07. The van der Waals surface area contributed by atoms with Gasteiger partial charge in [-0.15, -0.1) is 0 Å². The predicted molar refractivity (Wildman–Crippen MR) is 83.8 cm³/mol. The first-order chi connectivity index (χ1) is 10.9. The first-order valence-corrected chi connectivity index (χ1v) is 8.18. The van der Waals surface area contributed by atoms with Crippen molar-refractivity contribution in [2.75, 3.05) is 0 Å². The van der Waals surface area contributed by atoms with Gasteiger partial charge < -0.3 is 10.2 Å². The van der Waals surface area contributed by atoms with Crippen LogP contribution in [0.25, 0.3) is 10.9 Å². The van der Waals surface area contributed by atoms with Crippen molar-refractivity contribution in [1.82, 2.24) is 3.97 Å². The van der Waals surface area contributed by atoms with E-state index in [9.17, 15) is 23.4 Å². The van der Waals surface area contributed by atoms with Crippen LogP contribution >= 0.6 is 0 Å². The molecule has 1 heterocycles. The molecule has 0 radical (unpaired) electrons. The molecule has 3 aromatic rings. The molecule has 0 aliphatic rings. The van der Waals surface area contributed by atoms with E-state index in [2.05, 4.69) is 0 Å². The number of nitrogens with zero attached hydrogens (tertiary/aromatic N) is 1. The third-order valence-electron chi connectivity index (χ3n) is 3.55. The highest BCUT2D eigenvalue weighted by Crippen LogP contribution is 2.27. The van der Waals surface area contributed by atoms with Crippen LogP contribution in [0.3, 0.4) is 0 Å². The summed E-state index contributed by atoms with van der Waals surface area (Å²) in [4.78, 5) is 11.4. The molecule has 0 aliphatic carbocycles. The summed E-state index contributed by atoms with van der Waals surface area (Å²) in [5.41, 5.74) is 0.610. The van der Waals surface area contributed by atoms with Crippen LogP contribution in [0.15, 0.2) is 59.6 Å². The van der Waals surface area contributed by atoms with Crippen LogP contribution in [0.4, 0.5) is 0 Å². The molecule has 0 amide bonds. The van der Waals surface area contributed by atoms with E-state index in [1.165, 1.54) is 24.3 Å². The number of hydrogen-bond donors (Lipinski definition) is 2. The Bertz CT molecular complexity index is 990. The molecule has 0 saturated heterocycles. The molecule has 2 N–H and O–H groups in total. The number of aromatic carboxylic acids is 1.